The van der Waals surface area contributed by atoms with Crippen molar-refractivity contribution in [2.24, 2.45) is 0 Å². The third-order valence-corrected chi connectivity index (χ3v) is 2.98. The van der Waals surface area contributed by atoms with Crippen LogP contribution >= 0.6 is 0 Å². The first kappa shape index (κ1) is 18.9. The number of carbonyl (C=O) groups excluding carboxylic acids is 3. The molecule has 1 aliphatic heterocycles. The third kappa shape index (κ3) is 7.60. The molecular formula is C16H22O7. The highest BCUT2D eigenvalue weighted by atomic mass is 16.6. The van der Waals surface area contributed by atoms with Gasteiger partial charge in [-0.15, -0.1) is 0 Å². The van der Waals surface area contributed by atoms with Crippen LogP contribution in [-0.2, 0) is 28.6 Å². The molecule has 1 heterocycles. The van der Waals surface area contributed by atoms with Gasteiger partial charge in [-0.3, -0.25) is 4.79 Å². The largest absolute Gasteiger partial charge is 0.459 e. The number of aliphatic hydroxyl groups is 1. The standard InChI is InChI=1S/C16H22O7/c1-10-5-4-6-14(18)22-11(2)9-16(20)23-13(12(3)17)7-8-15(19)21-10/h4,6-8,10-13,17H,5,9H2,1-3H3/b6-4+,8-7+/t10-,11-,12-,13+/m0/s1. The molecule has 0 amide bonds. The average Bonchev–Trinajstić information content (AvgIpc) is 2.41. The van der Waals surface area contributed by atoms with Crippen LogP contribution in [0.5, 0.6) is 0 Å². The molecular weight excluding hydrogens is 304 g/mol. The highest BCUT2D eigenvalue weighted by Gasteiger charge is 2.21. The Morgan fingerprint density at radius 1 is 1.04 bits per heavy atom. The van der Waals surface area contributed by atoms with Crippen molar-refractivity contribution < 1.29 is 33.7 Å². The summed E-state index contributed by atoms with van der Waals surface area (Å²) in [5, 5.41) is 9.62. The Kier molecular flexibility index (Phi) is 7.47. The molecule has 0 aliphatic carbocycles. The second kappa shape index (κ2) is 9.09. The molecule has 0 bridgehead atoms. The first-order chi connectivity index (χ1) is 10.8. The summed E-state index contributed by atoms with van der Waals surface area (Å²) >= 11 is 0. The Hall–Kier alpha value is -2.15. The lowest BCUT2D eigenvalue weighted by atomic mass is 10.2. The molecule has 0 radical (unpaired) electrons. The second-order valence-corrected chi connectivity index (χ2v) is 5.39. The molecule has 0 aromatic carbocycles. The predicted molar refractivity (Wildman–Crippen MR) is 80.2 cm³/mol. The number of carbonyl (C=O) groups is 3. The quantitative estimate of drug-likeness (QED) is 0.568. The van der Waals surface area contributed by atoms with Gasteiger partial charge in [0.1, 0.15) is 18.3 Å². The van der Waals surface area contributed by atoms with E-state index in [1.54, 1.807) is 13.8 Å². The van der Waals surface area contributed by atoms with Gasteiger partial charge in [0.05, 0.1) is 12.5 Å². The van der Waals surface area contributed by atoms with Gasteiger partial charge in [0, 0.05) is 18.6 Å². The number of cyclic esters (lactones) is 3. The second-order valence-electron chi connectivity index (χ2n) is 5.39. The van der Waals surface area contributed by atoms with Gasteiger partial charge in [0.15, 0.2) is 0 Å². The maximum atomic E-state index is 11.8. The zero-order chi connectivity index (χ0) is 17.4. The Labute approximate surface area is 134 Å². The van der Waals surface area contributed by atoms with Crippen molar-refractivity contribution >= 4 is 17.9 Å². The van der Waals surface area contributed by atoms with E-state index in [-0.39, 0.29) is 6.42 Å². The zero-order valence-corrected chi connectivity index (χ0v) is 13.4. The number of rotatable bonds is 1. The summed E-state index contributed by atoms with van der Waals surface area (Å²) in [7, 11) is 0. The maximum Gasteiger partial charge on any atom is 0.330 e. The van der Waals surface area contributed by atoms with Gasteiger partial charge in [-0.1, -0.05) is 6.08 Å². The number of aliphatic hydroxyl groups excluding tert-OH is 1. The van der Waals surface area contributed by atoms with E-state index >= 15 is 0 Å². The molecule has 0 aromatic heterocycles. The molecule has 7 nitrogen and oxygen atoms in total. The van der Waals surface area contributed by atoms with Crippen LogP contribution in [0.1, 0.15) is 33.6 Å². The predicted octanol–water partition coefficient (Wildman–Crippen LogP) is 1.05. The third-order valence-electron chi connectivity index (χ3n) is 2.98. The molecule has 1 N–H and O–H groups in total. The van der Waals surface area contributed by atoms with Gasteiger partial charge in [-0.2, -0.15) is 0 Å². The minimum Gasteiger partial charge on any atom is -0.459 e. The van der Waals surface area contributed by atoms with Crippen LogP contribution in [0.4, 0.5) is 0 Å². The Bertz CT molecular complexity index is 493. The molecule has 128 valence electrons. The molecule has 0 spiro atoms. The molecule has 0 saturated heterocycles. The van der Waals surface area contributed by atoms with Crippen molar-refractivity contribution in [1.29, 1.82) is 0 Å². The van der Waals surface area contributed by atoms with E-state index in [2.05, 4.69) is 0 Å². The number of hydrogen-bond acceptors (Lipinski definition) is 7. The van der Waals surface area contributed by atoms with Crippen LogP contribution in [0, 0.1) is 0 Å². The van der Waals surface area contributed by atoms with Crippen molar-refractivity contribution in [3.05, 3.63) is 24.3 Å². The topological polar surface area (TPSA) is 99.1 Å². The van der Waals surface area contributed by atoms with Gasteiger partial charge in [0.2, 0.25) is 0 Å². The average molecular weight is 326 g/mol. The van der Waals surface area contributed by atoms with Crippen LogP contribution < -0.4 is 0 Å². The van der Waals surface area contributed by atoms with Crippen molar-refractivity contribution in [2.45, 2.75) is 58.0 Å². The van der Waals surface area contributed by atoms with Crippen molar-refractivity contribution in [1.82, 2.24) is 0 Å². The summed E-state index contributed by atoms with van der Waals surface area (Å²) in [6, 6.07) is 0. The minimum atomic E-state index is -1.00. The summed E-state index contributed by atoms with van der Waals surface area (Å²) in [4.78, 5) is 35.0. The Balaban J connectivity index is 2.89. The van der Waals surface area contributed by atoms with Crippen LogP contribution in [-0.4, -0.2) is 47.4 Å². The normalized spacial score (nSPS) is 31.7. The van der Waals surface area contributed by atoms with E-state index in [1.807, 2.05) is 0 Å². The first-order valence-corrected chi connectivity index (χ1v) is 7.41. The monoisotopic (exact) mass is 326 g/mol. The molecule has 7 heteroatoms. The first-order valence-electron chi connectivity index (χ1n) is 7.41. The lowest BCUT2D eigenvalue weighted by Crippen LogP contribution is -2.29. The van der Waals surface area contributed by atoms with Gasteiger partial charge in [-0.05, 0) is 26.8 Å². The molecule has 1 rings (SSSR count). The van der Waals surface area contributed by atoms with E-state index in [9.17, 15) is 19.5 Å². The van der Waals surface area contributed by atoms with E-state index in [1.165, 1.54) is 25.2 Å². The van der Waals surface area contributed by atoms with E-state index in [4.69, 9.17) is 14.2 Å². The molecule has 0 fully saturated rings. The summed E-state index contributed by atoms with van der Waals surface area (Å²) in [5.41, 5.74) is 0. The van der Waals surface area contributed by atoms with Crippen molar-refractivity contribution in [3.63, 3.8) is 0 Å². The van der Waals surface area contributed by atoms with Gasteiger partial charge >= 0.3 is 17.9 Å². The van der Waals surface area contributed by atoms with Gasteiger partial charge in [-0.25, -0.2) is 9.59 Å². The molecule has 4 atom stereocenters. The van der Waals surface area contributed by atoms with Crippen molar-refractivity contribution in [3.8, 4) is 0 Å². The fourth-order valence-corrected chi connectivity index (χ4v) is 1.83. The Morgan fingerprint density at radius 2 is 1.65 bits per heavy atom. The molecule has 0 saturated carbocycles. The Morgan fingerprint density at radius 3 is 2.30 bits per heavy atom. The lowest BCUT2D eigenvalue weighted by Gasteiger charge is -2.18. The highest BCUT2D eigenvalue weighted by Crippen LogP contribution is 2.09. The van der Waals surface area contributed by atoms with Crippen LogP contribution in [0.2, 0.25) is 0 Å². The van der Waals surface area contributed by atoms with Crippen LogP contribution in [0.25, 0.3) is 0 Å². The minimum absolute atomic E-state index is 0.155. The summed E-state index contributed by atoms with van der Waals surface area (Å²) in [6.45, 7) is 4.67. The van der Waals surface area contributed by atoms with Crippen LogP contribution in [0.15, 0.2) is 24.3 Å². The van der Waals surface area contributed by atoms with E-state index < -0.39 is 42.3 Å². The number of hydrogen-bond donors (Lipinski definition) is 1. The fourth-order valence-electron chi connectivity index (χ4n) is 1.83. The summed E-state index contributed by atoms with van der Waals surface area (Å²) in [5.74, 6) is -1.87. The van der Waals surface area contributed by atoms with E-state index in [0.29, 0.717) is 6.42 Å². The summed E-state index contributed by atoms with van der Waals surface area (Å²) < 4.78 is 15.2. The SMILES string of the molecule is C[C@H](O)[C@H]1/C=C/C(=O)O[C@@H](C)C/C=C/C(=O)O[C@@H](C)CC(=O)O1. The van der Waals surface area contributed by atoms with Gasteiger partial charge < -0.3 is 19.3 Å². The lowest BCUT2D eigenvalue weighted by molar-refractivity contribution is -0.156. The van der Waals surface area contributed by atoms with E-state index in [0.717, 1.165) is 6.08 Å². The summed E-state index contributed by atoms with van der Waals surface area (Å²) in [6.07, 6.45) is 2.22. The smallest absolute Gasteiger partial charge is 0.330 e. The zero-order valence-electron chi connectivity index (χ0n) is 13.4. The maximum absolute atomic E-state index is 11.8. The molecule has 1 aliphatic rings. The highest BCUT2D eigenvalue weighted by molar-refractivity contribution is 5.83. The number of esters is 3. The molecule has 23 heavy (non-hydrogen) atoms. The molecule has 0 unspecified atom stereocenters. The number of ether oxygens (including phenoxy) is 3. The molecule has 0 aromatic rings. The fraction of sp³-hybridized carbons (Fsp3) is 0.562. The van der Waals surface area contributed by atoms with Crippen molar-refractivity contribution in [2.75, 3.05) is 0 Å². The van der Waals surface area contributed by atoms with Crippen LogP contribution in [0.3, 0.4) is 0 Å². The van der Waals surface area contributed by atoms with Gasteiger partial charge in [0.25, 0.3) is 0 Å².